The molecule has 2 aromatic carbocycles. The lowest BCUT2D eigenvalue weighted by molar-refractivity contribution is -0.145. The van der Waals surface area contributed by atoms with E-state index in [1.165, 1.54) is 0 Å². The normalized spacial score (nSPS) is 17.8. The van der Waals surface area contributed by atoms with Crippen LogP contribution in [0.5, 0.6) is 23.0 Å². The van der Waals surface area contributed by atoms with Crippen LogP contribution in [0, 0.1) is 0 Å². The van der Waals surface area contributed by atoms with Crippen LogP contribution in [0.15, 0.2) is 36.4 Å². The Hall–Kier alpha value is -2.93. The Morgan fingerprint density at radius 1 is 0.900 bits per heavy atom. The van der Waals surface area contributed by atoms with E-state index >= 15 is 0 Å². The van der Waals surface area contributed by atoms with Crippen LogP contribution in [0.4, 0.5) is 0 Å². The Morgan fingerprint density at radius 2 is 1.53 bits per heavy atom. The predicted octanol–water partition coefficient (Wildman–Crippen LogP) is 3.75. The van der Waals surface area contributed by atoms with E-state index in [1.54, 1.807) is 34.5 Å². The Balaban J connectivity index is 2.26. The molecule has 0 aliphatic carbocycles. The summed E-state index contributed by atoms with van der Waals surface area (Å²) in [5.74, 6) is 1.56. The summed E-state index contributed by atoms with van der Waals surface area (Å²) in [6.07, 6.45) is 2.40. The molecular weight excluding hydrogens is 386 g/mol. The highest BCUT2D eigenvalue weighted by Gasteiger charge is 2.38. The second-order valence-electron chi connectivity index (χ2n) is 7.18. The molecule has 1 aliphatic rings. The van der Waals surface area contributed by atoms with Crippen LogP contribution in [0.2, 0.25) is 0 Å². The van der Waals surface area contributed by atoms with Gasteiger partial charge in [-0.25, -0.2) is 0 Å². The van der Waals surface area contributed by atoms with Gasteiger partial charge in [-0.1, -0.05) is 24.6 Å². The van der Waals surface area contributed by atoms with Crippen molar-refractivity contribution in [1.29, 1.82) is 0 Å². The number of hydrogen-bond donors (Lipinski definition) is 1. The van der Waals surface area contributed by atoms with Gasteiger partial charge in [0.1, 0.15) is 17.5 Å². The van der Waals surface area contributed by atoms with E-state index in [2.05, 4.69) is 0 Å². The fourth-order valence-electron chi connectivity index (χ4n) is 4.21. The Labute approximate surface area is 177 Å². The Bertz CT molecular complexity index is 884. The zero-order chi connectivity index (χ0) is 21.7. The maximum absolute atomic E-state index is 12.1. The predicted molar refractivity (Wildman–Crippen MR) is 113 cm³/mol. The fraction of sp³-hybridized carbons (Fsp3) is 0.435. The van der Waals surface area contributed by atoms with Crippen molar-refractivity contribution in [3.63, 3.8) is 0 Å². The van der Waals surface area contributed by atoms with Crippen molar-refractivity contribution in [2.75, 3.05) is 35.0 Å². The van der Waals surface area contributed by atoms with Gasteiger partial charge < -0.3 is 24.1 Å². The summed E-state index contributed by atoms with van der Waals surface area (Å²) in [6, 6.07) is 10.3. The standard InChI is InChI=1S/C23H29NO6/c1-27-18-11-6-5-9-15(18)22(24-12-8-7-10-17(24)23(25)26)16-13-20(29-3)21(30-4)14-19(16)28-2/h5-6,9,11,13-14,17,22H,7-8,10,12H2,1-4H3,(H,25,26). The number of rotatable bonds is 8. The minimum absolute atomic E-state index is 0.391. The number of nitrogens with zero attached hydrogens (tertiary/aromatic N) is 1. The summed E-state index contributed by atoms with van der Waals surface area (Å²) in [5.41, 5.74) is 1.67. The zero-order valence-electron chi connectivity index (χ0n) is 17.9. The molecule has 7 nitrogen and oxygen atoms in total. The average molecular weight is 415 g/mol. The molecule has 1 fully saturated rings. The molecule has 0 radical (unpaired) electrons. The molecule has 3 rings (SSSR count). The number of para-hydroxylation sites is 1. The molecule has 2 atom stereocenters. The summed E-state index contributed by atoms with van der Waals surface area (Å²) in [6.45, 7) is 0.650. The van der Waals surface area contributed by atoms with Gasteiger partial charge in [0, 0.05) is 17.2 Å². The van der Waals surface area contributed by atoms with Gasteiger partial charge in [-0.15, -0.1) is 0 Å². The first-order valence-corrected chi connectivity index (χ1v) is 9.97. The second kappa shape index (κ2) is 9.71. The van der Waals surface area contributed by atoms with Gasteiger partial charge in [-0.3, -0.25) is 9.69 Å². The zero-order valence-corrected chi connectivity index (χ0v) is 17.9. The second-order valence-corrected chi connectivity index (χ2v) is 7.18. The molecule has 30 heavy (non-hydrogen) atoms. The van der Waals surface area contributed by atoms with Crippen LogP contribution < -0.4 is 18.9 Å². The Morgan fingerprint density at radius 3 is 2.17 bits per heavy atom. The number of carbonyl (C=O) groups is 1. The lowest BCUT2D eigenvalue weighted by Gasteiger charge is -2.40. The first-order valence-electron chi connectivity index (χ1n) is 9.97. The monoisotopic (exact) mass is 415 g/mol. The van der Waals surface area contributed by atoms with Crippen LogP contribution in [0.1, 0.15) is 36.4 Å². The highest BCUT2D eigenvalue weighted by atomic mass is 16.5. The minimum Gasteiger partial charge on any atom is -0.496 e. The van der Waals surface area contributed by atoms with Crippen molar-refractivity contribution in [1.82, 2.24) is 4.90 Å². The van der Waals surface area contributed by atoms with Gasteiger partial charge in [-0.2, -0.15) is 0 Å². The topological polar surface area (TPSA) is 77.5 Å². The highest BCUT2D eigenvalue weighted by Crippen LogP contribution is 2.45. The number of hydrogen-bond acceptors (Lipinski definition) is 6. The average Bonchev–Trinajstić information content (AvgIpc) is 2.79. The highest BCUT2D eigenvalue weighted by molar-refractivity contribution is 5.74. The van der Waals surface area contributed by atoms with Gasteiger partial charge in [0.05, 0.1) is 34.5 Å². The molecule has 162 valence electrons. The van der Waals surface area contributed by atoms with Crippen molar-refractivity contribution in [3.05, 3.63) is 47.5 Å². The van der Waals surface area contributed by atoms with Crippen LogP contribution in [-0.4, -0.2) is 57.0 Å². The molecule has 2 aromatic rings. The van der Waals surface area contributed by atoms with Crippen molar-refractivity contribution in [2.24, 2.45) is 0 Å². The van der Waals surface area contributed by atoms with Crippen LogP contribution in [0.25, 0.3) is 0 Å². The third-order valence-corrected chi connectivity index (χ3v) is 5.62. The van der Waals surface area contributed by atoms with Crippen molar-refractivity contribution in [3.8, 4) is 23.0 Å². The van der Waals surface area contributed by atoms with Crippen LogP contribution in [0.3, 0.4) is 0 Å². The molecule has 1 saturated heterocycles. The number of likely N-dealkylation sites (tertiary alicyclic amines) is 1. The molecule has 7 heteroatoms. The SMILES string of the molecule is COc1cc(OC)c(C(c2ccccc2OC)N2CCCCC2C(=O)O)cc1OC. The molecule has 1 N–H and O–H groups in total. The smallest absolute Gasteiger partial charge is 0.320 e. The quantitative estimate of drug-likeness (QED) is 0.704. The molecule has 0 amide bonds. The van der Waals surface area contributed by atoms with Crippen LogP contribution >= 0.6 is 0 Å². The van der Waals surface area contributed by atoms with Crippen molar-refractivity contribution >= 4 is 5.97 Å². The van der Waals surface area contributed by atoms with Gasteiger partial charge in [-0.05, 0) is 31.5 Å². The maximum Gasteiger partial charge on any atom is 0.320 e. The van der Waals surface area contributed by atoms with E-state index in [9.17, 15) is 9.90 Å². The number of benzene rings is 2. The molecular formula is C23H29NO6. The molecule has 2 unspecified atom stereocenters. The van der Waals surface area contributed by atoms with E-state index in [4.69, 9.17) is 18.9 Å². The molecule has 0 saturated carbocycles. The van der Waals surface area contributed by atoms with E-state index in [-0.39, 0.29) is 0 Å². The minimum atomic E-state index is -0.825. The molecule has 1 aliphatic heterocycles. The summed E-state index contributed by atoms with van der Waals surface area (Å²) >= 11 is 0. The molecule has 0 spiro atoms. The third-order valence-electron chi connectivity index (χ3n) is 5.62. The summed E-state index contributed by atoms with van der Waals surface area (Å²) in [4.78, 5) is 14.1. The number of ether oxygens (including phenoxy) is 4. The Kier molecular flexibility index (Phi) is 7.05. The first kappa shape index (κ1) is 21.8. The number of carboxylic acids is 1. The number of methoxy groups -OCH3 is 4. The molecule has 0 bridgehead atoms. The summed E-state index contributed by atoms with van der Waals surface area (Å²) < 4.78 is 22.3. The summed E-state index contributed by atoms with van der Waals surface area (Å²) in [7, 11) is 6.36. The van der Waals surface area contributed by atoms with E-state index in [0.29, 0.717) is 36.0 Å². The van der Waals surface area contributed by atoms with Gasteiger partial charge in [0.2, 0.25) is 0 Å². The van der Waals surface area contributed by atoms with Gasteiger partial charge >= 0.3 is 5.97 Å². The maximum atomic E-state index is 12.1. The first-order chi connectivity index (χ1) is 14.5. The number of piperidine rings is 1. The van der Waals surface area contributed by atoms with Crippen molar-refractivity contribution in [2.45, 2.75) is 31.3 Å². The molecule has 1 heterocycles. The van der Waals surface area contributed by atoms with E-state index in [0.717, 1.165) is 24.0 Å². The largest absolute Gasteiger partial charge is 0.496 e. The van der Waals surface area contributed by atoms with Crippen molar-refractivity contribution < 1.29 is 28.8 Å². The third kappa shape index (κ3) is 4.16. The summed E-state index contributed by atoms with van der Waals surface area (Å²) in [5, 5.41) is 9.94. The van der Waals surface area contributed by atoms with E-state index in [1.807, 2.05) is 35.2 Å². The van der Waals surface area contributed by atoms with Gasteiger partial charge in [0.15, 0.2) is 11.5 Å². The van der Waals surface area contributed by atoms with Gasteiger partial charge in [0.25, 0.3) is 0 Å². The lowest BCUT2D eigenvalue weighted by atomic mass is 9.90. The van der Waals surface area contributed by atoms with Crippen LogP contribution in [-0.2, 0) is 4.79 Å². The molecule has 0 aromatic heterocycles. The fourth-order valence-corrected chi connectivity index (χ4v) is 4.21. The number of carboxylic acid groups (broad SMARTS) is 1. The number of aliphatic carboxylic acids is 1. The van der Waals surface area contributed by atoms with E-state index < -0.39 is 18.1 Å². The lowest BCUT2D eigenvalue weighted by Crippen LogP contribution is -2.47.